The zero-order valence-electron chi connectivity index (χ0n) is 34.4. The van der Waals surface area contributed by atoms with E-state index in [2.05, 4.69) is 232 Å². The predicted octanol–water partition coefficient (Wildman–Crippen LogP) is 15.4. The molecule has 59 heavy (non-hydrogen) atoms. The molecule has 0 aromatic heterocycles. The van der Waals surface area contributed by atoms with Gasteiger partial charge in [0.2, 0.25) is 0 Å². The van der Waals surface area contributed by atoms with Crippen LogP contribution in [0.15, 0.2) is 194 Å². The van der Waals surface area contributed by atoms with E-state index in [-0.39, 0.29) is 0 Å². The van der Waals surface area contributed by atoms with Crippen molar-refractivity contribution < 1.29 is 0 Å². The maximum absolute atomic E-state index is 2.55. The highest BCUT2D eigenvalue weighted by atomic mass is 15.2. The first kappa shape index (κ1) is 36.7. The number of anilines is 6. The zero-order valence-corrected chi connectivity index (χ0v) is 34.4. The highest BCUT2D eigenvalue weighted by Crippen LogP contribution is 2.63. The Labute approximate surface area is 350 Å². The SMILES string of the molecule is CC(C)Cc1ccc2c(c1)C1(c3ccccc3-c3ccc(N(c4ccccc4)c4ccc(N(c5ccccc5)c5ccccc5)cc4)cc31)c1cc(CC(C)C)ccc1-2. The summed E-state index contributed by atoms with van der Waals surface area (Å²) < 4.78 is 0. The minimum Gasteiger partial charge on any atom is -0.311 e. The Kier molecular flexibility index (Phi) is 9.29. The standard InChI is InChI=1S/C57H50N2/c1-39(2)34-41-24-31-50-51-32-25-42(35-40(3)4)37-55(51)57(54(50)36-41)53-23-15-14-22-49(53)52-33-30-48(38-56(52)57)59(45-20-12-7-13-21-45)47-28-26-46(27-29-47)58(43-16-8-5-9-17-43)44-18-10-6-11-19-44/h5-33,36-40H,34-35H2,1-4H3. The molecule has 0 heterocycles. The van der Waals surface area contributed by atoms with Gasteiger partial charge >= 0.3 is 0 Å². The lowest BCUT2D eigenvalue weighted by Crippen LogP contribution is -2.26. The number of hydrogen-bond acceptors (Lipinski definition) is 2. The molecule has 0 unspecified atom stereocenters. The Hall–Kier alpha value is -6.64. The second-order valence-corrected chi connectivity index (χ2v) is 17.2. The zero-order chi connectivity index (χ0) is 40.1. The lowest BCUT2D eigenvalue weighted by atomic mass is 9.69. The van der Waals surface area contributed by atoms with Gasteiger partial charge in [-0.05, 0) is 153 Å². The molecule has 288 valence electrons. The molecule has 1 spiro atoms. The van der Waals surface area contributed by atoms with Crippen LogP contribution in [-0.2, 0) is 18.3 Å². The van der Waals surface area contributed by atoms with E-state index in [1.54, 1.807) is 0 Å². The number of nitrogens with zero attached hydrogens (tertiary/aromatic N) is 2. The van der Waals surface area contributed by atoms with Gasteiger partial charge in [-0.2, -0.15) is 0 Å². The molecule has 8 aromatic carbocycles. The minimum absolute atomic E-state index is 0.440. The van der Waals surface area contributed by atoms with Crippen LogP contribution in [0.25, 0.3) is 22.3 Å². The van der Waals surface area contributed by atoms with E-state index in [4.69, 9.17) is 0 Å². The third-order valence-corrected chi connectivity index (χ3v) is 12.2. The van der Waals surface area contributed by atoms with Gasteiger partial charge in [-0.15, -0.1) is 0 Å². The van der Waals surface area contributed by atoms with Gasteiger partial charge in [0.25, 0.3) is 0 Å². The summed E-state index contributed by atoms with van der Waals surface area (Å²) in [5, 5.41) is 0. The molecule has 2 nitrogen and oxygen atoms in total. The molecule has 0 radical (unpaired) electrons. The summed E-state index contributed by atoms with van der Waals surface area (Å²) >= 11 is 0. The third-order valence-electron chi connectivity index (χ3n) is 12.2. The number of para-hydroxylation sites is 3. The fourth-order valence-corrected chi connectivity index (χ4v) is 9.98. The first-order valence-corrected chi connectivity index (χ1v) is 21.3. The molecule has 0 fully saturated rings. The van der Waals surface area contributed by atoms with E-state index in [1.165, 1.54) is 55.6 Å². The highest BCUT2D eigenvalue weighted by Gasteiger charge is 2.52. The number of benzene rings is 8. The molecule has 0 amide bonds. The smallest absolute Gasteiger partial charge is 0.0726 e. The van der Waals surface area contributed by atoms with Gasteiger partial charge in [0, 0.05) is 34.1 Å². The summed E-state index contributed by atoms with van der Waals surface area (Å²) in [6.07, 6.45) is 2.10. The average molecular weight is 763 g/mol. The summed E-state index contributed by atoms with van der Waals surface area (Å²) in [6.45, 7) is 9.31. The van der Waals surface area contributed by atoms with Gasteiger partial charge < -0.3 is 9.80 Å². The van der Waals surface area contributed by atoms with Crippen LogP contribution >= 0.6 is 0 Å². The van der Waals surface area contributed by atoms with Crippen molar-refractivity contribution in [3.05, 3.63) is 228 Å². The Bertz CT molecular complexity index is 2670. The first-order chi connectivity index (χ1) is 28.9. The van der Waals surface area contributed by atoms with Crippen LogP contribution in [0, 0.1) is 11.8 Å². The van der Waals surface area contributed by atoms with Crippen molar-refractivity contribution in [1.29, 1.82) is 0 Å². The van der Waals surface area contributed by atoms with Gasteiger partial charge in [-0.25, -0.2) is 0 Å². The molecule has 0 N–H and O–H groups in total. The van der Waals surface area contributed by atoms with Crippen molar-refractivity contribution in [1.82, 2.24) is 0 Å². The molecule has 2 heteroatoms. The predicted molar refractivity (Wildman–Crippen MR) is 249 cm³/mol. The Morgan fingerprint density at radius 1 is 0.322 bits per heavy atom. The molecule has 0 saturated carbocycles. The lowest BCUT2D eigenvalue weighted by Gasteiger charge is -2.33. The van der Waals surface area contributed by atoms with Crippen LogP contribution in [0.1, 0.15) is 61.1 Å². The number of fused-ring (bicyclic) bond motifs is 10. The number of rotatable bonds is 10. The van der Waals surface area contributed by atoms with Crippen LogP contribution in [-0.4, -0.2) is 0 Å². The largest absolute Gasteiger partial charge is 0.311 e. The average Bonchev–Trinajstić information content (AvgIpc) is 3.71. The molecule has 2 aliphatic carbocycles. The van der Waals surface area contributed by atoms with Crippen molar-refractivity contribution in [3.8, 4) is 22.3 Å². The van der Waals surface area contributed by atoms with Crippen molar-refractivity contribution >= 4 is 34.1 Å². The van der Waals surface area contributed by atoms with Crippen LogP contribution in [0.5, 0.6) is 0 Å². The summed E-state index contributed by atoms with van der Waals surface area (Å²) in [6, 6.07) is 72.3. The van der Waals surface area contributed by atoms with E-state index in [0.29, 0.717) is 11.8 Å². The van der Waals surface area contributed by atoms with Crippen LogP contribution in [0.2, 0.25) is 0 Å². The monoisotopic (exact) mass is 762 g/mol. The molecular weight excluding hydrogens is 713 g/mol. The second-order valence-electron chi connectivity index (χ2n) is 17.2. The van der Waals surface area contributed by atoms with E-state index < -0.39 is 5.41 Å². The van der Waals surface area contributed by atoms with E-state index >= 15 is 0 Å². The Morgan fingerprint density at radius 2 is 0.661 bits per heavy atom. The van der Waals surface area contributed by atoms with Gasteiger partial charge in [0.05, 0.1) is 5.41 Å². The van der Waals surface area contributed by atoms with E-state index in [1.807, 2.05) is 0 Å². The maximum atomic E-state index is 2.55. The Morgan fingerprint density at radius 3 is 1.12 bits per heavy atom. The van der Waals surface area contributed by atoms with Crippen molar-refractivity contribution in [2.24, 2.45) is 11.8 Å². The van der Waals surface area contributed by atoms with Crippen LogP contribution in [0.4, 0.5) is 34.1 Å². The Balaban J connectivity index is 1.17. The molecule has 0 aliphatic heterocycles. The number of hydrogen-bond donors (Lipinski definition) is 0. The fraction of sp³-hybridized carbons (Fsp3) is 0.158. The first-order valence-electron chi connectivity index (χ1n) is 21.3. The molecule has 0 bridgehead atoms. The van der Waals surface area contributed by atoms with Crippen molar-refractivity contribution in [2.75, 3.05) is 9.80 Å². The highest BCUT2D eigenvalue weighted by molar-refractivity contribution is 5.96. The van der Waals surface area contributed by atoms with Gasteiger partial charge in [-0.3, -0.25) is 0 Å². The minimum atomic E-state index is -0.440. The molecule has 10 rings (SSSR count). The van der Waals surface area contributed by atoms with E-state index in [9.17, 15) is 0 Å². The van der Waals surface area contributed by atoms with Crippen LogP contribution < -0.4 is 9.80 Å². The summed E-state index contributed by atoms with van der Waals surface area (Å²) in [5.74, 6) is 1.14. The quantitative estimate of drug-likeness (QED) is 0.137. The molecule has 2 aliphatic rings. The molecule has 8 aromatic rings. The molecular formula is C57H50N2. The summed E-state index contributed by atoms with van der Waals surface area (Å²) in [7, 11) is 0. The van der Waals surface area contributed by atoms with Gasteiger partial charge in [0.1, 0.15) is 0 Å². The van der Waals surface area contributed by atoms with Crippen molar-refractivity contribution in [3.63, 3.8) is 0 Å². The van der Waals surface area contributed by atoms with Crippen LogP contribution in [0.3, 0.4) is 0 Å². The molecule has 0 atom stereocenters. The second kappa shape index (κ2) is 14.9. The van der Waals surface area contributed by atoms with Crippen molar-refractivity contribution in [2.45, 2.75) is 46.0 Å². The van der Waals surface area contributed by atoms with Gasteiger partial charge in [-0.1, -0.05) is 149 Å². The molecule has 0 saturated heterocycles. The topological polar surface area (TPSA) is 6.48 Å². The van der Waals surface area contributed by atoms with Gasteiger partial charge in [0.15, 0.2) is 0 Å². The lowest BCUT2D eigenvalue weighted by molar-refractivity contribution is 0.644. The third kappa shape index (κ3) is 6.26. The summed E-state index contributed by atoms with van der Waals surface area (Å²) in [5.41, 5.74) is 20.0. The summed E-state index contributed by atoms with van der Waals surface area (Å²) in [4.78, 5) is 4.75. The maximum Gasteiger partial charge on any atom is 0.0726 e. The normalized spacial score (nSPS) is 13.0. The fourth-order valence-electron chi connectivity index (χ4n) is 9.98. The van der Waals surface area contributed by atoms with E-state index in [0.717, 1.165) is 47.0 Å².